The average Bonchev–Trinajstić information content (AvgIpc) is 3.05. The van der Waals surface area contributed by atoms with Gasteiger partial charge in [0.2, 0.25) is 0 Å². The van der Waals surface area contributed by atoms with Crippen LogP contribution in [0.25, 0.3) is 0 Å². The zero-order valence-electron chi connectivity index (χ0n) is 13.3. The fraction of sp³-hybridized carbons (Fsp3) is 0.588. The number of nitrogens with zero attached hydrogens (tertiary/aromatic N) is 1. The third-order valence-electron chi connectivity index (χ3n) is 5.13. The Hall–Kier alpha value is -1.43. The van der Waals surface area contributed by atoms with E-state index in [0.29, 0.717) is 25.3 Å². The number of rotatable bonds is 4. The highest BCUT2D eigenvalue weighted by Gasteiger charge is 2.34. The number of esters is 1. The molecule has 0 bridgehead atoms. The number of likely N-dealkylation sites (tertiary alicyclic amines) is 1. The lowest BCUT2D eigenvalue weighted by Gasteiger charge is -2.25. The molecule has 3 N–H and O–H groups in total. The number of hydrogen-bond donors (Lipinski definition) is 2. The molecule has 1 aromatic rings. The van der Waals surface area contributed by atoms with E-state index in [4.69, 9.17) is 10.5 Å². The zero-order valence-corrected chi connectivity index (χ0v) is 13.3. The minimum atomic E-state index is -0.555. The SMILES string of the molecule is Cc1c(C(O)CN2CC[C@](C)(CN)C2)ccc2c1COC2=O. The summed E-state index contributed by atoms with van der Waals surface area (Å²) in [5.41, 5.74) is 9.39. The lowest BCUT2D eigenvalue weighted by atomic mass is 9.90. The number of benzene rings is 1. The molecular weight excluding hydrogens is 280 g/mol. The molecule has 120 valence electrons. The van der Waals surface area contributed by atoms with Gasteiger partial charge < -0.3 is 15.6 Å². The summed E-state index contributed by atoms with van der Waals surface area (Å²) in [5, 5.41) is 10.6. The molecule has 1 saturated heterocycles. The normalized spacial score (nSPS) is 26.1. The number of aliphatic hydroxyl groups is 1. The number of hydrogen-bond acceptors (Lipinski definition) is 5. The summed E-state index contributed by atoms with van der Waals surface area (Å²) in [6.07, 6.45) is 0.517. The molecule has 5 nitrogen and oxygen atoms in total. The van der Waals surface area contributed by atoms with Gasteiger partial charge in [-0.15, -0.1) is 0 Å². The van der Waals surface area contributed by atoms with E-state index in [1.165, 1.54) is 0 Å². The summed E-state index contributed by atoms with van der Waals surface area (Å²) in [5.74, 6) is -0.266. The summed E-state index contributed by atoms with van der Waals surface area (Å²) in [7, 11) is 0. The third-order valence-corrected chi connectivity index (χ3v) is 5.13. The molecule has 5 heteroatoms. The van der Waals surface area contributed by atoms with Gasteiger partial charge in [-0.1, -0.05) is 13.0 Å². The predicted molar refractivity (Wildman–Crippen MR) is 83.5 cm³/mol. The van der Waals surface area contributed by atoms with E-state index in [1.807, 2.05) is 13.0 Å². The first-order chi connectivity index (χ1) is 10.4. The number of nitrogens with two attached hydrogens (primary N) is 1. The average molecular weight is 304 g/mol. The topological polar surface area (TPSA) is 75.8 Å². The van der Waals surface area contributed by atoms with Crippen LogP contribution in [0, 0.1) is 12.3 Å². The number of aliphatic hydroxyl groups excluding tert-OH is 1. The Balaban J connectivity index is 1.74. The van der Waals surface area contributed by atoms with Crippen LogP contribution in [-0.4, -0.2) is 42.2 Å². The summed E-state index contributed by atoms with van der Waals surface area (Å²) in [6, 6.07) is 3.62. The second-order valence-corrected chi connectivity index (χ2v) is 6.90. The quantitative estimate of drug-likeness (QED) is 0.822. The number of fused-ring (bicyclic) bond motifs is 1. The van der Waals surface area contributed by atoms with Crippen LogP contribution in [0.5, 0.6) is 0 Å². The summed E-state index contributed by atoms with van der Waals surface area (Å²) >= 11 is 0. The van der Waals surface area contributed by atoms with Crippen molar-refractivity contribution >= 4 is 5.97 Å². The Kier molecular flexibility index (Phi) is 3.97. The van der Waals surface area contributed by atoms with Crippen molar-refractivity contribution in [2.24, 2.45) is 11.1 Å². The number of β-amino-alcohol motifs (C(OH)–C–C–N with tert-alkyl or cyclic N) is 1. The van der Waals surface area contributed by atoms with Crippen molar-refractivity contribution in [2.45, 2.75) is 33.0 Å². The summed E-state index contributed by atoms with van der Waals surface area (Å²) in [6.45, 7) is 7.63. The molecule has 2 atom stereocenters. The molecule has 3 rings (SSSR count). The molecule has 1 unspecified atom stereocenters. The first-order valence-corrected chi connectivity index (χ1v) is 7.83. The van der Waals surface area contributed by atoms with Crippen molar-refractivity contribution < 1.29 is 14.6 Å². The Morgan fingerprint density at radius 3 is 2.95 bits per heavy atom. The fourth-order valence-electron chi connectivity index (χ4n) is 3.52. The van der Waals surface area contributed by atoms with Gasteiger partial charge >= 0.3 is 5.97 Å². The molecule has 0 saturated carbocycles. The molecular formula is C17H24N2O3. The maximum absolute atomic E-state index is 11.6. The minimum Gasteiger partial charge on any atom is -0.457 e. The number of cyclic esters (lactones) is 1. The second-order valence-electron chi connectivity index (χ2n) is 6.90. The Labute approximate surface area is 131 Å². The van der Waals surface area contributed by atoms with Gasteiger partial charge in [0.05, 0.1) is 11.7 Å². The van der Waals surface area contributed by atoms with Gasteiger partial charge in [-0.2, -0.15) is 0 Å². The molecule has 2 aliphatic heterocycles. The standard InChI is InChI=1S/C17H24N2O3/c1-11-12(3-4-13-14(11)8-22-16(13)21)15(20)7-19-6-5-17(2,9-18)10-19/h3-4,15,20H,5-10,18H2,1-2H3/t15?,17-/m1/s1. The summed E-state index contributed by atoms with van der Waals surface area (Å²) in [4.78, 5) is 13.8. The molecule has 0 amide bonds. The lowest BCUT2D eigenvalue weighted by Crippen LogP contribution is -2.33. The van der Waals surface area contributed by atoms with Crippen LogP contribution in [0.1, 0.15) is 46.5 Å². The predicted octanol–water partition coefficient (Wildman–Crippen LogP) is 1.37. The van der Waals surface area contributed by atoms with Gasteiger partial charge in [0.1, 0.15) is 6.61 Å². The van der Waals surface area contributed by atoms with Crippen molar-refractivity contribution in [3.63, 3.8) is 0 Å². The molecule has 0 radical (unpaired) electrons. The van der Waals surface area contributed by atoms with Gasteiger partial charge in [0.15, 0.2) is 0 Å². The molecule has 0 spiro atoms. The largest absolute Gasteiger partial charge is 0.457 e. The van der Waals surface area contributed by atoms with E-state index in [2.05, 4.69) is 11.8 Å². The number of carbonyl (C=O) groups excluding carboxylic acids is 1. The van der Waals surface area contributed by atoms with E-state index < -0.39 is 6.10 Å². The van der Waals surface area contributed by atoms with Crippen molar-refractivity contribution in [1.29, 1.82) is 0 Å². The lowest BCUT2D eigenvalue weighted by molar-refractivity contribution is 0.0535. The van der Waals surface area contributed by atoms with Crippen LogP contribution in [-0.2, 0) is 11.3 Å². The van der Waals surface area contributed by atoms with E-state index in [9.17, 15) is 9.90 Å². The third kappa shape index (κ3) is 2.64. The summed E-state index contributed by atoms with van der Waals surface area (Å²) < 4.78 is 5.07. The van der Waals surface area contributed by atoms with Crippen LogP contribution >= 0.6 is 0 Å². The van der Waals surface area contributed by atoms with Crippen LogP contribution in [0.15, 0.2) is 12.1 Å². The van der Waals surface area contributed by atoms with E-state index >= 15 is 0 Å². The van der Waals surface area contributed by atoms with E-state index in [1.54, 1.807) is 6.07 Å². The van der Waals surface area contributed by atoms with Crippen molar-refractivity contribution in [3.8, 4) is 0 Å². The first kappa shape index (κ1) is 15.5. The Morgan fingerprint density at radius 2 is 2.27 bits per heavy atom. The second kappa shape index (κ2) is 5.65. The monoisotopic (exact) mass is 304 g/mol. The first-order valence-electron chi connectivity index (χ1n) is 7.83. The highest BCUT2D eigenvalue weighted by Crippen LogP contribution is 2.32. The van der Waals surface area contributed by atoms with E-state index in [-0.39, 0.29) is 11.4 Å². The van der Waals surface area contributed by atoms with Gasteiger partial charge in [0.25, 0.3) is 0 Å². The maximum atomic E-state index is 11.6. The van der Waals surface area contributed by atoms with Gasteiger partial charge in [-0.25, -0.2) is 4.79 Å². The van der Waals surface area contributed by atoms with Crippen LogP contribution in [0.3, 0.4) is 0 Å². The molecule has 2 heterocycles. The van der Waals surface area contributed by atoms with Crippen molar-refractivity contribution in [2.75, 3.05) is 26.2 Å². The van der Waals surface area contributed by atoms with E-state index in [0.717, 1.165) is 36.2 Å². The highest BCUT2D eigenvalue weighted by atomic mass is 16.5. The van der Waals surface area contributed by atoms with Gasteiger partial charge in [-0.3, -0.25) is 4.90 Å². The maximum Gasteiger partial charge on any atom is 0.338 e. The fourth-order valence-corrected chi connectivity index (χ4v) is 3.52. The molecule has 1 aromatic carbocycles. The smallest absolute Gasteiger partial charge is 0.338 e. The molecule has 22 heavy (non-hydrogen) atoms. The Bertz CT molecular complexity index is 602. The van der Waals surface area contributed by atoms with Gasteiger partial charge in [0, 0.05) is 18.7 Å². The zero-order chi connectivity index (χ0) is 15.9. The molecule has 2 aliphatic rings. The Morgan fingerprint density at radius 1 is 1.50 bits per heavy atom. The van der Waals surface area contributed by atoms with Crippen LogP contribution < -0.4 is 5.73 Å². The number of carbonyl (C=O) groups is 1. The highest BCUT2D eigenvalue weighted by molar-refractivity contribution is 5.93. The van der Waals surface area contributed by atoms with Crippen molar-refractivity contribution in [1.82, 2.24) is 4.90 Å². The number of ether oxygens (including phenoxy) is 1. The molecule has 0 aromatic heterocycles. The van der Waals surface area contributed by atoms with Crippen molar-refractivity contribution in [3.05, 3.63) is 34.4 Å². The molecule has 0 aliphatic carbocycles. The minimum absolute atomic E-state index is 0.160. The van der Waals surface area contributed by atoms with Gasteiger partial charge in [-0.05, 0) is 49.0 Å². The van der Waals surface area contributed by atoms with Crippen LogP contribution in [0.4, 0.5) is 0 Å². The molecule has 1 fully saturated rings. The van der Waals surface area contributed by atoms with Crippen LogP contribution in [0.2, 0.25) is 0 Å².